The van der Waals surface area contributed by atoms with Crippen LogP contribution in [0.5, 0.6) is 5.75 Å². The lowest BCUT2D eigenvalue weighted by molar-refractivity contribution is -0.116. The van der Waals surface area contributed by atoms with Gasteiger partial charge in [-0.05, 0) is 61.4 Å². The summed E-state index contributed by atoms with van der Waals surface area (Å²) < 4.78 is 33.6. The second-order valence-corrected chi connectivity index (χ2v) is 9.52. The quantitative estimate of drug-likeness (QED) is 0.364. The number of anilines is 2. The van der Waals surface area contributed by atoms with Gasteiger partial charge in [0.2, 0.25) is 5.91 Å². The molecule has 0 bridgehead atoms. The molecule has 32 heavy (non-hydrogen) atoms. The monoisotopic (exact) mass is 492 g/mol. The zero-order chi connectivity index (χ0) is 23.1. The first-order valence-corrected chi connectivity index (χ1v) is 12.0. The van der Waals surface area contributed by atoms with Crippen LogP contribution in [0, 0.1) is 6.92 Å². The molecular formula is C23H22Cl2N2O4S. The molecule has 3 aromatic rings. The second kappa shape index (κ2) is 10.7. The van der Waals surface area contributed by atoms with Crippen molar-refractivity contribution in [1.82, 2.24) is 0 Å². The highest BCUT2D eigenvalue weighted by Crippen LogP contribution is 2.28. The van der Waals surface area contributed by atoms with Crippen LogP contribution in [-0.4, -0.2) is 20.9 Å². The number of aryl methyl sites for hydroxylation is 1. The highest BCUT2D eigenvalue weighted by atomic mass is 35.5. The summed E-state index contributed by atoms with van der Waals surface area (Å²) in [6.45, 7) is 2.20. The lowest BCUT2D eigenvalue weighted by Crippen LogP contribution is -2.16. The minimum absolute atomic E-state index is 0.0405. The van der Waals surface area contributed by atoms with Crippen LogP contribution in [0.4, 0.5) is 11.4 Å². The van der Waals surface area contributed by atoms with E-state index in [4.69, 9.17) is 27.9 Å². The highest BCUT2D eigenvalue weighted by molar-refractivity contribution is 7.92. The van der Waals surface area contributed by atoms with Crippen molar-refractivity contribution in [2.75, 3.05) is 16.6 Å². The van der Waals surface area contributed by atoms with Crippen LogP contribution >= 0.6 is 23.2 Å². The van der Waals surface area contributed by atoms with Crippen LogP contribution in [0.1, 0.15) is 18.4 Å². The van der Waals surface area contributed by atoms with E-state index in [1.54, 1.807) is 12.1 Å². The Morgan fingerprint density at radius 3 is 2.44 bits per heavy atom. The number of benzene rings is 3. The van der Waals surface area contributed by atoms with Crippen molar-refractivity contribution < 1.29 is 17.9 Å². The average molecular weight is 493 g/mol. The topological polar surface area (TPSA) is 84.5 Å². The number of ether oxygens (including phenoxy) is 1. The van der Waals surface area contributed by atoms with Crippen molar-refractivity contribution in [1.29, 1.82) is 0 Å². The van der Waals surface area contributed by atoms with E-state index in [9.17, 15) is 13.2 Å². The Hall–Kier alpha value is -2.74. The fourth-order valence-electron chi connectivity index (χ4n) is 2.79. The zero-order valence-corrected chi connectivity index (χ0v) is 19.6. The number of amides is 1. The van der Waals surface area contributed by atoms with E-state index in [-0.39, 0.29) is 27.9 Å². The third-order valence-corrected chi connectivity index (χ3v) is 6.62. The first-order valence-electron chi connectivity index (χ1n) is 9.81. The first kappa shape index (κ1) is 23.9. The van der Waals surface area contributed by atoms with E-state index in [0.29, 0.717) is 23.7 Å². The lowest BCUT2D eigenvalue weighted by Gasteiger charge is -2.12. The summed E-state index contributed by atoms with van der Waals surface area (Å²) in [5.74, 6) is 0.438. The number of halogens is 2. The molecular weight excluding hydrogens is 471 g/mol. The third-order valence-electron chi connectivity index (χ3n) is 4.51. The predicted molar refractivity (Wildman–Crippen MR) is 128 cm³/mol. The SMILES string of the molecule is Cc1ccc(NS(=O)(=O)c2ccc(Cl)c(NC(=O)CCCOc3ccccc3)c2)cc1Cl. The molecule has 0 saturated carbocycles. The Morgan fingerprint density at radius 2 is 1.72 bits per heavy atom. The van der Waals surface area contributed by atoms with Crippen LogP contribution in [0.2, 0.25) is 10.0 Å². The summed E-state index contributed by atoms with van der Waals surface area (Å²) in [5, 5.41) is 3.34. The summed E-state index contributed by atoms with van der Waals surface area (Å²) >= 11 is 12.2. The van der Waals surface area contributed by atoms with Crippen molar-refractivity contribution in [2.24, 2.45) is 0 Å². The Morgan fingerprint density at radius 1 is 0.969 bits per heavy atom. The number of hydrogen-bond acceptors (Lipinski definition) is 4. The molecule has 0 aromatic heterocycles. The van der Waals surface area contributed by atoms with Crippen LogP contribution in [0.15, 0.2) is 71.6 Å². The summed E-state index contributed by atoms with van der Waals surface area (Å²) in [7, 11) is -3.91. The second-order valence-electron chi connectivity index (χ2n) is 7.02. The fraction of sp³-hybridized carbons (Fsp3) is 0.174. The molecule has 1 amide bonds. The van der Waals surface area contributed by atoms with Gasteiger partial charge in [-0.1, -0.05) is 47.5 Å². The predicted octanol–water partition coefficient (Wildman–Crippen LogP) is 5.90. The van der Waals surface area contributed by atoms with Crippen molar-refractivity contribution in [3.63, 3.8) is 0 Å². The normalized spacial score (nSPS) is 11.1. The molecule has 3 rings (SSSR count). The van der Waals surface area contributed by atoms with Crippen LogP contribution in [-0.2, 0) is 14.8 Å². The molecule has 168 valence electrons. The Bertz CT molecular complexity index is 1200. The number of hydrogen-bond donors (Lipinski definition) is 2. The molecule has 0 aliphatic heterocycles. The highest BCUT2D eigenvalue weighted by Gasteiger charge is 2.17. The zero-order valence-electron chi connectivity index (χ0n) is 17.3. The fourth-order valence-corrected chi connectivity index (χ4v) is 4.21. The molecule has 3 aromatic carbocycles. The molecule has 0 heterocycles. The van der Waals surface area contributed by atoms with Crippen LogP contribution < -0.4 is 14.8 Å². The maximum Gasteiger partial charge on any atom is 0.261 e. The smallest absolute Gasteiger partial charge is 0.261 e. The molecule has 6 nitrogen and oxygen atoms in total. The Kier molecular flexibility index (Phi) is 8.01. The first-order chi connectivity index (χ1) is 15.2. The number of rotatable bonds is 9. The number of nitrogens with one attached hydrogen (secondary N) is 2. The standard InChI is InChI=1S/C23H22Cl2N2O4S/c1-16-9-10-17(14-21(16)25)27-32(29,30)19-11-12-20(24)22(15-19)26-23(28)8-5-13-31-18-6-3-2-4-7-18/h2-4,6-7,9-12,14-15,27H,5,8,13H2,1H3,(H,26,28). The minimum atomic E-state index is -3.91. The maximum absolute atomic E-state index is 12.8. The number of carbonyl (C=O) groups excluding carboxylic acids is 1. The van der Waals surface area contributed by atoms with Gasteiger partial charge in [0.1, 0.15) is 5.75 Å². The number of sulfonamides is 1. The molecule has 9 heteroatoms. The van der Waals surface area contributed by atoms with Gasteiger partial charge in [0, 0.05) is 11.4 Å². The lowest BCUT2D eigenvalue weighted by atomic mass is 10.2. The van der Waals surface area contributed by atoms with Gasteiger partial charge in [0.15, 0.2) is 0 Å². The van der Waals surface area contributed by atoms with Crippen molar-refractivity contribution in [3.05, 3.63) is 82.3 Å². The van der Waals surface area contributed by atoms with E-state index in [2.05, 4.69) is 10.0 Å². The van der Waals surface area contributed by atoms with Gasteiger partial charge in [-0.2, -0.15) is 0 Å². The molecule has 2 N–H and O–H groups in total. The molecule has 0 unspecified atom stereocenters. The van der Waals surface area contributed by atoms with Gasteiger partial charge >= 0.3 is 0 Å². The van der Waals surface area contributed by atoms with E-state index in [1.165, 1.54) is 24.3 Å². The Balaban J connectivity index is 1.61. The van der Waals surface area contributed by atoms with Gasteiger partial charge in [0.05, 0.1) is 27.9 Å². The van der Waals surface area contributed by atoms with Gasteiger partial charge in [0.25, 0.3) is 10.0 Å². The molecule has 0 aliphatic rings. The van der Waals surface area contributed by atoms with E-state index >= 15 is 0 Å². The van der Waals surface area contributed by atoms with E-state index < -0.39 is 10.0 Å². The van der Waals surface area contributed by atoms with Crippen LogP contribution in [0.3, 0.4) is 0 Å². The summed E-state index contributed by atoms with van der Waals surface area (Å²) in [4.78, 5) is 12.3. The van der Waals surface area contributed by atoms with Gasteiger partial charge < -0.3 is 10.1 Å². The van der Waals surface area contributed by atoms with Gasteiger partial charge in [-0.25, -0.2) is 8.42 Å². The molecule has 0 fully saturated rings. The van der Waals surface area contributed by atoms with Crippen molar-refractivity contribution in [2.45, 2.75) is 24.7 Å². The summed E-state index contributed by atoms with van der Waals surface area (Å²) in [6, 6.07) is 18.3. The maximum atomic E-state index is 12.8. The molecule has 0 saturated heterocycles. The average Bonchev–Trinajstić information content (AvgIpc) is 2.76. The third kappa shape index (κ3) is 6.63. The number of carbonyl (C=O) groups is 1. The van der Waals surface area contributed by atoms with E-state index in [0.717, 1.165) is 11.3 Å². The minimum Gasteiger partial charge on any atom is -0.494 e. The summed E-state index contributed by atoms with van der Waals surface area (Å²) in [6.07, 6.45) is 0.687. The largest absolute Gasteiger partial charge is 0.494 e. The molecule has 0 atom stereocenters. The molecule has 0 spiro atoms. The van der Waals surface area contributed by atoms with Crippen molar-refractivity contribution >= 4 is 50.5 Å². The van der Waals surface area contributed by atoms with E-state index in [1.807, 2.05) is 37.3 Å². The van der Waals surface area contributed by atoms with Gasteiger partial charge in [-0.15, -0.1) is 0 Å². The van der Waals surface area contributed by atoms with Crippen molar-refractivity contribution in [3.8, 4) is 5.75 Å². The Labute approximate surface area is 197 Å². The molecule has 0 aliphatic carbocycles. The van der Waals surface area contributed by atoms with Gasteiger partial charge in [-0.3, -0.25) is 9.52 Å². The van der Waals surface area contributed by atoms with Crippen LogP contribution in [0.25, 0.3) is 0 Å². The summed E-state index contributed by atoms with van der Waals surface area (Å²) in [5.41, 5.74) is 1.38. The molecule has 0 radical (unpaired) electrons. The number of para-hydroxylation sites is 1.